The number of carbonyl (C=O) groups excluding carboxylic acids is 3. The van der Waals surface area contributed by atoms with Crippen LogP contribution in [0.3, 0.4) is 0 Å². The number of ether oxygens (including phenoxy) is 2. The summed E-state index contributed by atoms with van der Waals surface area (Å²) in [6.07, 6.45) is -0.509. The Labute approximate surface area is 112 Å². The van der Waals surface area contributed by atoms with Crippen molar-refractivity contribution in [1.29, 1.82) is 0 Å². The van der Waals surface area contributed by atoms with E-state index in [4.69, 9.17) is 9.47 Å². The predicted octanol–water partition coefficient (Wildman–Crippen LogP) is 0.333. The largest absolute Gasteiger partial charge is 0.444 e. The zero-order valence-electron chi connectivity index (χ0n) is 11.4. The van der Waals surface area contributed by atoms with Crippen LogP contribution in [0.5, 0.6) is 0 Å². The van der Waals surface area contributed by atoms with Crippen LogP contribution in [0.2, 0.25) is 0 Å². The Kier molecular flexibility index (Phi) is 5.29. The van der Waals surface area contributed by atoms with Gasteiger partial charge in [-0.05, 0) is 27.2 Å². The number of alkyl carbamates (subject to hydrolysis) is 1. The summed E-state index contributed by atoms with van der Waals surface area (Å²) in [4.78, 5) is 33.6. The van der Waals surface area contributed by atoms with Crippen molar-refractivity contribution in [3.05, 3.63) is 0 Å². The van der Waals surface area contributed by atoms with E-state index in [1.165, 1.54) is 0 Å². The van der Waals surface area contributed by atoms with Crippen LogP contribution < -0.4 is 10.6 Å². The average Bonchev–Trinajstić information content (AvgIpc) is 2.24. The molecule has 1 unspecified atom stereocenters. The second kappa shape index (κ2) is 6.51. The summed E-state index contributed by atoms with van der Waals surface area (Å²) in [7, 11) is 0. The van der Waals surface area contributed by atoms with Gasteiger partial charge in [-0.2, -0.15) is 0 Å². The van der Waals surface area contributed by atoms with Crippen molar-refractivity contribution in [2.75, 3.05) is 13.2 Å². The van der Waals surface area contributed by atoms with Gasteiger partial charge in [0.05, 0.1) is 6.61 Å². The van der Waals surface area contributed by atoms with Crippen LogP contribution in [0.15, 0.2) is 0 Å². The zero-order chi connectivity index (χ0) is 14.5. The number of nitrogens with one attached hydrogen (secondary N) is 2. The fourth-order valence-corrected chi connectivity index (χ4v) is 1.50. The van der Waals surface area contributed by atoms with Gasteiger partial charge < -0.3 is 14.8 Å². The van der Waals surface area contributed by atoms with Crippen LogP contribution in [0.25, 0.3) is 0 Å². The summed E-state index contributed by atoms with van der Waals surface area (Å²) >= 11 is 0. The molecule has 0 aliphatic carbocycles. The van der Waals surface area contributed by atoms with Crippen molar-refractivity contribution >= 4 is 17.9 Å². The number of piperidine rings is 1. The summed E-state index contributed by atoms with van der Waals surface area (Å²) in [5.74, 6) is -0.703. The number of hydrogen-bond donors (Lipinski definition) is 2. The summed E-state index contributed by atoms with van der Waals surface area (Å²) in [6, 6.07) is 0. The average molecular weight is 272 g/mol. The van der Waals surface area contributed by atoms with E-state index in [2.05, 4.69) is 10.6 Å². The maximum Gasteiger partial charge on any atom is 0.407 e. The van der Waals surface area contributed by atoms with E-state index < -0.39 is 23.7 Å². The van der Waals surface area contributed by atoms with Crippen molar-refractivity contribution in [2.45, 2.75) is 45.3 Å². The zero-order valence-corrected chi connectivity index (χ0v) is 11.4. The Bertz CT molecular complexity index is 362. The fraction of sp³-hybridized carbons (Fsp3) is 0.750. The SMILES string of the molecule is CC(C)(C)OC(=O)NCCOC1CCC(=O)NC1=O. The van der Waals surface area contributed by atoms with Crippen LogP contribution in [0, 0.1) is 0 Å². The molecule has 1 aliphatic rings. The third-order valence-electron chi connectivity index (χ3n) is 2.28. The number of imide groups is 1. The van der Waals surface area contributed by atoms with E-state index in [0.29, 0.717) is 6.42 Å². The highest BCUT2D eigenvalue weighted by Crippen LogP contribution is 2.08. The summed E-state index contributed by atoms with van der Waals surface area (Å²) in [6.45, 7) is 5.74. The molecule has 0 spiro atoms. The monoisotopic (exact) mass is 272 g/mol. The highest BCUT2D eigenvalue weighted by molar-refractivity contribution is 5.99. The van der Waals surface area contributed by atoms with E-state index in [-0.39, 0.29) is 25.5 Å². The van der Waals surface area contributed by atoms with Crippen molar-refractivity contribution in [2.24, 2.45) is 0 Å². The maximum atomic E-state index is 11.4. The van der Waals surface area contributed by atoms with Crippen molar-refractivity contribution < 1.29 is 23.9 Å². The Hall–Kier alpha value is -1.63. The quantitative estimate of drug-likeness (QED) is 0.568. The normalized spacial score (nSPS) is 19.8. The lowest BCUT2D eigenvalue weighted by Gasteiger charge is -2.22. The summed E-state index contributed by atoms with van der Waals surface area (Å²) < 4.78 is 10.3. The first kappa shape index (κ1) is 15.4. The van der Waals surface area contributed by atoms with E-state index in [1.807, 2.05) is 0 Å². The molecule has 7 heteroatoms. The van der Waals surface area contributed by atoms with Crippen molar-refractivity contribution in [1.82, 2.24) is 10.6 Å². The van der Waals surface area contributed by atoms with E-state index in [1.54, 1.807) is 20.8 Å². The van der Waals surface area contributed by atoms with E-state index >= 15 is 0 Å². The van der Waals surface area contributed by atoms with Gasteiger partial charge in [0.2, 0.25) is 5.91 Å². The minimum Gasteiger partial charge on any atom is -0.444 e. The first-order valence-corrected chi connectivity index (χ1v) is 6.20. The number of hydrogen-bond acceptors (Lipinski definition) is 5. The van der Waals surface area contributed by atoms with Crippen LogP contribution in [0.1, 0.15) is 33.6 Å². The Morgan fingerprint density at radius 3 is 2.68 bits per heavy atom. The van der Waals surface area contributed by atoms with Gasteiger partial charge in [-0.15, -0.1) is 0 Å². The summed E-state index contributed by atoms with van der Waals surface area (Å²) in [5, 5.41) is 4.71. The predicted molar refractivity (Wildman–Crippen MR) is 66.4 cm³/mol. The topological polar surface area (TPSA) is 93.7 Å². The minimum absolute atomic E-state index is 0.186. The molecule has 0 bridgehead atoms. The Morgan fingerprint density at radius 1 is 1.42 bits per heavy atom. The molecular weight excluding hydrogens is 252 g/mol. The van der Waals surface area contributed by atoms with Gasteiger partial charge in [-0.1, -0.05) is 0 Å². The third kappa shape index (κ3) is 6.19. The molecule has 108 valence electrons. The van der Waals surface area contributed by atoms with Gasteiger partial charge in [0, 0.05) is 13.0 Å². The molecule has 1 heterocycles. The molecule has 1 rings (SSSR count). The van der Waals surface area contributed by atoms with Gasteiger partial charge in [-0.25, -0.2) is 4.79 Å². The molecule has 0 aromatic carbocycles. The first-order chi connectivity index (χ1) is 8.78. The summed E-state index contributed by atoms with van der Waals surface area (Å²) in [5.41, 5.74) is -0.547. The fourth-order valence-electron chi connectivity index (χ4n) is 1.50. The Morgan fingerprint density at radius 2 is 2.11 bits per heavy atom. The van der Waals surface area contributed by atoms with Gasteiger partial charge in [0.15, 0.2) is 0 Å². The first-order valence-electron chi connectivity index (χ1n) is 6.20. The van der Waals surface area contributed by atoms with Crippen LogP contribution in [-0.4, -0.2) is 42.8 Å². The molecule has 1 saturated heterocycles. The molecule has 1 fully saturated rings. The van der Waals surface area contributed by atoms with Gasteiger partial charge >= 0.3 is 6.09 Å². The van der Waals surface area contributed by atoms with E-state index in [0.717, 1.165) is 0 Å². The molecule has 3 amide bonds. The highest BCUT2D eigenvalue weighted by atomic mass is 16.6. The van der Waals surface area contributed by atoms with E-state index in [9.17, 15) is 14.4 Å². The molecule has 19 heavy (non-hydrogen) atoms. The lowest BCUT2D eigenvalue weighted by atomic mass is 10.1. The molecular formula is C12H20N2O5. The maximum absolute atomic E-state index is 11.4. The second-order valence-corrected chi connectivity index (χ2v) is 5.24. The number of rotatable bonds is 4. The van der Waals surface area contributed by atoms with Crippen LogP contribution >= 0.6 is 0 Å². The third-order valence-corrected chi connectivity index (χ3v) is 2.28. The molecule has 0 saturated carbocycles. The lowest BCUT2D eigenvalue weighted by Crippen LogP contribution is -2.45. The second-order valence-electron chi connectivity index (χ2n) is 5.24. The molecule has 0 aromatic heterocycles. The molecule has 1 atom stereocenters. The molecule has 0 aromatic rings. The molecule has 7 nitrogen and oxygen atoms in total. The number of amides is 3. The van der Waals surface area contributed by atoms with Crippen molar-refractivity contribution in [3.63, 3.8) is 0 Å². The highest BCUT2D eigenvalue weighted by Gasteiger charge is 2.26. The van der Waals surface area contributed by atoms with Gasteiger partial charge in [-0.3, -0.25) is 14.9 Å². The Balaban J connectivity index is 2.16. The van der Waals surface area contributed by atoms with Gasteiger partial charge in [0.25, 0.3) is 5.91 Å². The van der Waals surface area contributed by atoms with Crippen molar-refractivity contribution in [3.8, 4) is 0 Å². The molecule has 1 aliphatic heterocycles. The van der Waals surface area contributed by atoms with Crippen LogP contribution in [-0.2, 0) is 19.1 Å². The molecule has 0 radical (unpaired) electrons. The van der Waals surface area contributed by atoms with Gasteiger partial charge in [0.1, 0.15) is 11.7 Å². The number of carbonyl (C=O) groups is 3. The minimum atomic E-state index is -0.627. The lowest BCUT2D eigenvalue weighted by molar-refractivity contribution is -0.143. The smallest absolute Gasteiger partial charge is 0.407 e. The molecule has 2 N–H and O–H groups in total. The standard InChI is InChI=1S/C12H20N2O5/c1-12(2,3)19-11(17)13-6-7-18-8-4-5-9(15)14-10(8)16/h8H,4-7H2,1-3H3,(H,13,17)(H,14,15,16). The van der Waals surface area contributed by atoms with Crippen LogP contribution in [0.4, 0.5) is 4.79 Å².